The molecule has 1 aromatic heterocycles. The van der Waals surface area contributed by atoms with Crippen LogP contribution >= 0.6 is 11.3 Å². The van der Waals surface area contributed by atoms with E-state index < -0.39 is 0 Å². The second kappa shape index (κ2) is 5.99. The second-order valence-electron chi connectivity index (χ2n) is 5.09. The van der Waals surface area contributed by atoms with Crippen LogP contribution in [0.1, 0.15) is 17.0 Å². The van der Waals surface area contributed by atoms with Crippen molar-refractivity contribution in [3.05, 3.63) is 28.8 Å². The summed E-state index contributed by atoms with van der Waals surface area (Å²) < 4.78 is 6.69. The number of ether oxygens (including phenoxy) is 1. The molecule has 4 heteroatoms. The minimum absolute atomic E-state index is 0.889. The van der Waals surface area contributed by atoms with Gasteiger partial charge in [0.15, 0.2) is 0 Å². The van der Waals surface area contributed by atoms with Gasteiger partial charge in [-0.25, -0.2) is 4.98 Å². The summed E-state index contributed by atoms with van der Waals surface area (Å²) >= 11 is 1.84. The Labute approximate surface area is 118 Å². The lowest BCUT2D eigenvalue weighted by Gasteiger charge is -2.26. The average molecular weight is 276 g/mol. The lowest BCUT2D eigenvalue weighted by molar-refractivity contribution is 0.0375. The lowest BCUT2D eigenvalue weighted by Crippen LogP contribution is -2.36. The van der Waals surface area contributed by atoms with Gasteiger partial charge in [0, 0.05) is 19.5 Å². The van der Waals surface area contributed by atoms with Crippen LogP contribution in [0.5, 0.6) is 0 Å². The first kappa shape index (κ1) is 13.0. The Hall–Kier alpha value is -0.970. The average Bonchev–Trinajstić information content (AvgIpc) is 2.84. The maximum absolute atomic E-state index is 5.37. The van der Waals surface area contributed by atoms with Gasteiger partial charge in [-0.1, -0.05) is 12.1 Å². The molecule has 0 spiro atoms. The van der Waals surface area contributed by atoms with Crippen LogP contribution < -0.4 is 0 Å². The number of thiazole rings is 1. The van der Waals surface area contributed by atoms with Gasteiger partial charge >= 0.3 is 0 Å². The van der Waals surface area contributed by atoms with E-state index in [1.54, 1.807) is 0 Å². The number of hydrogen-bond acceptors (Lipinski definition) is 4. The molecule has 0 atom stereocenters. The summed E-state index contributed by atoms with van der Waals surface area (Å²) in [6.45, 7) is 7.25. The number of benzene rings is 1. The fraction of sp³-hybridized carbons (Fsp3) is 0.533. The number of aromatic nitrogens is 1. The zero-order valence-corrected chi connectivity index (χ0v) is 12.2. The van der Waals surface area contributed by atoms with E-state index in [9.17, 15) is 0 Å². The first-order valence-corrected chi connectivity index (χ1v) is 7.80. The number of aryl methyl sites for hydroxylation is 2. The number of morpholine rings is 1. The van der Waals surface area contributed by atoms with E-state index in [2.05, 4.69) is 30.0 Å². The summed E-state index contributed by atoms with van der Waals surface area (Å²) in [5.74, 6) is 0. The Morgan fingerprint density at radius 2 is 2.16 bits per heavy atom. The highest BCUT2D eigenvalue weighted by molar-refractivity contribution is 7.18. The van der Waals surface area contributed by atoms with E-state index >= 15 is 0 Å². The van der Waals surface area contributed by atoms with Gasteiger partial charge in [0.05, 0.1) is 28.4 Å². The molecule has 1 aromatic carbocycles. The summed E-state index contributed by atoms with van der Waals surface area (Å²) in [5.41, 5.74) is 2.47. The van der Waals surface area contributed by atoms with Crippen LogP contribution in [0.2, 0.25) is 0 Å². The van der Waals surface area contributed by atoms with E-state index in [1.807, 2.05) is 11.3 Å². The summed E-state index contributed by atoms with van der Waals surface area (Å²) in [4.78, 5) is 7.26. The predicted octanol–water partition coefficient (Wildman–Crippen LogP) is 2.87. The molecular weight excluding hydrogens is 256 g/mol. The highest BCUT2D eigenvalue weighted by Crippen LogP contribution is 2.25. The maximum atomic E-state index is 5.37. The van der Waals surface area contributed by atoms with Crippen LogP contribution in [0.3, 0.4) is 0 Å². The first-order chi connectivity index (χ1) is 9.33. The molecule has 2 heterocycles. The Balaban J connectivity index is 1.57. The fourth-order valence-corrected chi connectivity index (χ4v) is 3.60. The highest BCUT2D eigenvalue weighted by atomic mass is 32.1. The molecule has 1 aliphatic rings. The Bertz CT molecular complexity index is 546. The standard InChI is InChI=1S/C15H20N2OS/c1-12-4-2-5-13-15(12)16-14(19-13)6-3-7-17-8-10-18-11-9-17/h2,4-5H,3,6-11H2,1H3. The lowest BCUT2D eigenvalue weighted by atomic mass is 10.2. The van der Waals surface area contributed by atoms with Crippen LogP contribution in [-0.2, 0) is 11.2 Å². The molecule has 0 amide bonds. The molecule has 102 valence electrons. The van der Waals surface area contributed by atoms with E-state index in [4.69, 9.17) is 9.72 Å². The topological polar surface area (TPSA) is 25.4 Å². The van der Waals surface area contributed by atoms with Crippen molar-refractivity contribution in [1.29, 1.82) is 0 Å². The molecule has 2 aromatic rings. The Morgan fingerprint density at radius 1 is 1.32 bits per heavy atom. The normalized spacial score (nSPS) is 17.1. The van der Waals surface area contributed by atoms with Gasteiger partial charge in [-0.3, -0.25) is 4.90 Å². The summed E-state index contributed by atoms with van der Waals surface area (Å²) in [5, 5.41) is 1.28. The van der Waals surface area contributed by atoms with Crippen LogP contribution in [0.25, 0.3) is 10.2 Å². The van der Waals surface area contributed by atoms with Crippen LogP contribution in [0.15, 0.2) is 18.2 Å². The van der Waals surface area contributed by atoms with Crippen molar-refractivity contribution in [3.8, 4) is 0 Å². The highest BCUT2D eigenvalue weighted by Gasteiger charge is 2.10. The van der Waals surface area contributed by atoms with Crippen molar-refractivity contribution in [2.45, 2.75) is 19.8 Å². The fourth-order valence-electron chi connectivity index (χ4n) is 2.52. The minimum atomic E-state index is 0.889. The molecule has 1 fully saturated rings. The molecule has 0 saturated carbocycles. The molecule has 1 aliphatic heterocycles. The third kappa shape index (κ3) is 3.14. The summed E-state index contributed by atoms with van der Waals surface area (Å²) in [6.07, 6.45) is 2.29. The Morgan fingerprint density at radius 3 is 2.95 bits per heavy atom. The quantitative estimate of drug-likeness (QED) is 0.858. The van der Waals surface area contributed by atoms with Gasteiger partial charge in [-0.2, -0.15) is 0 Å². The smallest absolute Gasteiger partial charge is 0.0939 e. The molecule has 0 radical (unpaired) electrons. The van der Waals surface area contributed by atoms with Crippen molar-refractivity contribution < 1.29 is 4.74 Å². The van der Waals surface area contributed by atoms with E-state index in [0.717, 1.165) is 39.3 Å². The number of hydrogen-bond donors (Lipinski definition) is 0. The maximum Gasteiger partial charge on any atom is 0.0939 e. The summed E-state index contributed by atoms with van der Waals surface area (Å²) in [6, 6.07) is 6.43. The zero-order chi connectivity index (χ0) is 13.1. The third-order valence-corrected chi connectivity index (χ3v) is 4.71. The minimum Gasteiger partial charge on any atom is -0.379 e. The zero-order valence-electron chi connectivity index (χ0n) is 11.4. The predicted molar refractivity (Wildman–Crippen MR) is 79.9 cm³/mol. The SMILES string of the molecule is Cc1cccc2sc(CCCN3CCOCC3)nc12. The van der Waals surface area contributed by atoms with Gasteiger partial charge < -0.3 is 4.74 Å². The molecule has 3 nitrogen and oxygen atoms in total. The van der Waals surface area contributed by atoms with Crippen LogP contribution in [0, 0.1) is 6.92 Å². The molecule has 0 N–H and O–H groups in total. The van der Waals surface area contributed by atoms with E-state index in [0.29, 0.717) is 0 Å². The third-order valence-electron chi connectivity index (χ3n) is 3.63. The first-order valence-electron chi connectivity index (χ1n) is 6.98. The van der Waals surface area contributed by atoms with Crippen molar-refractivity contribution >= 4 is 21.6 Å². The molecule has 1 saturated heterocycles. The molecule has 0 unspecified atom stereocenters. The Kier molecular flexibility index (Phi) is 4.11. The summed E-state index contributed by atoms with van der Waals surface area (Å²) in [7, 11) is 0. The number of fused-ring (bicyclic) bond motifs is 1. The van der Waals surface area contributed by atoms with Crippen molar-refractivity contribution in [2.75, 3.05) is 32.8 Å². The van der Waals surface area contributed by atoms with Crippen LogP contribution in [-0.4, -0.2) is 42.7 Å². The molecule has 19 heavy (non-hydrogen) atoms. The van der Waals surface area contributed by atoms with Gasteiger partial charge in [-0.15, -0.1) is 11.3 Å². The number of para-hydroxylation sites is 1. The van der Waals surface area contributed by atoms with Gasteiger partial charge in [0.25, 0.3) is 0 Å². The van der Waals surface area contributed by atoms with Gasteiger partial charge in [-0.05, 0) is 31.5 Å². The monoisotopic (exact) mass is 276 g/mol. The van der Waals surface area contributed by atoms with Crippen molar-refractivity contribution in [3.63, 3.8) is 0 Å². The second-order valence-corrected chi connectivity index (χ2v) is 6.20. The van der Waals surface area contributed by atoms with Gasteiger partial charge in [0.2, 0.25) is 0 Å². The van der Waals surface area contributed by atoms with Crippen molar-refractivity contribution in [2.24, 2.45) is 0 Å². The largest absolute Gasteiger partial charge is 0.379 e. The number of rotatable bonds is 4. The molecular formula is C15H20N2OS. The van der Waals surface area contributed by atoms with E-state index in [1.165, 1.54) is 27.2 Å². The molecule has 0 aliphatic carbocycles. The number of nitrogens with zero attached hydrogens (tertiary/aromatic N) is 2. The van der Waals surface area contributed by atoms with E-state index in [-0.39, 0.29) is 0 Å². The molecule has 0 bridgehead atoms. The van der Waals surface area contributed by atoms with Gasteiger partial charge in [0.1, 0.15) is 0 Å². The van der Waals surface area contributed by atoms with Crippen LogP contribution in [0.4, 0.5) is 0 Å². The van der Waals surface area contributed by atoms with Crippen molar-refractivity contribution in [1.82, 2.24) is 9.88 Å². The molecule has 3 rings (SSSR count).